The van der Waals surface area contributed by atoms with Crippen LogP contribution in [0.25, 0.3) is 11.3 Å². The quantitative estimate of drug-likeness (QED) is 0.892. The second kappa shape index (κ2) is 4.91. The minimum Gasteiger partial charge on any atom is -0.481 e. The van der Waals surface area contributed by atoms with Gasteiger partial charge in [0, 0.05) is 23.7 Å². The molecule has 0 aromatic carbocycles. The standard InChI is InChI=1S/C13H13N3O2/c1-8-6-11(10-4-3-5-14-7-10)16-12(15-8)9(2)13(17)18/h3-7,9H,1-2H3,(H,17,18). The molecule has 0 radical (unpaired) electrons. The fourth-order valence-electron chi connectivity index (χ4n) is 1.56. The molecule has 0 aliphatic rings. The molecule has 0 saturated heterocycles. The summed E-state index contributed by atoms with van der Waals surface area (Å²) >= 11 is 0. The second-order valence-electron chi connectivity index (χ2n) is 4.05. The van der Waals surface area contributed by atoms with Crippen molar-refractivity contribution in [3.05, 3.63) is 42.1 Å². The fraction of sp³-hybridized carbons (Fsp3) is 0.231. The van der Waals surface area contributed by atoms with Gasteiger partial charge in [0.2, 0.25) is 0 Å². The van der Waals surface area contributed by atoms with Crippen LogP contribution in [0, 0.1) is 6.92 Å². The zero-order valence-corrected chi connectivity index (χ0v) is 10.2. The lowest BCUT2D eigenvalue weighted by molar-refractivity contribution is -0.138. The molecule has 0 aliphatic carbocycles. The first-order chi connectivity index (χ1) is 8.58. The van der Waals surface area contributed by atoms with E-state index >= 15 is 0 Å². The van der Waals surface area contributed by atoms with E-state index < -0.39 is 11.9 Å². The summed E-state index contributed by atoms with van der Waals surface area (Å²) in [5.41, 5.74) is 2.28. The second-order valence-corrected chi connectivity index (χ2v) is 4.05. The summed E-state index contributed by atoms with van der Waals surface area (Å²) < 4.78 is 0. The maximum atomic E-state index is 11.0. The van der Waals surface area contributed by atoms with E-state index in [-0.39, 0.29) is 0 Å². The van der Waals surface area contributed by atoms with Crippen molar-refractivity contribution in [1.82, 2.24) is 15.0 Å². The molecule has 0 amide bonds. The highest BCUT2D eigenvalue weighted by atomic mass is 16.4. The van der Waals surface area contributed by atoms with E-state index in [1.54, 1.807) is 19.3 Å². The van der Waals surface area contributed by atoms with Crippen LogP contribution in [0.3, 0.4) is 0 Å². The van der Waals surface area contributed by atoms with Crippen molar-refractivity contribution in [3.63, 3.8) is 0 Å². The van der Waals surface area contributed by atoms with Gasteiger partial charge in [0.05, 0.1) is 5.69 Å². The van der Waals surface area contributed by atoms with Gasteiger partial charge in [-0.25, -0.2) is 9.97 Å². The molecule has 92 valence electrons. The Hall–Kier alpha value is -2.30. The Bertz CT molecular complexity index is 570. The maximum absolute atomic E-state index is 11.0. The van der Waals surface area contributed by atoms with E-state index in [2.05, 4.69) is 15.0 Å². The van der Waals surface area contributed by atoms with Gasteiger partial charge in [-0.3, -0.25) is 9.78 Å². The average molecular weight is 243 g/mol. The number of rotatable bonds is 3. The molecule has 2 aromatic rings. The lowest BCUT2D eigenvalue weighted by Crippen LogP contribution is -2.12. The molecule has 1 atom stereocenters. The van der Waals surface area contributed by atoms with Crippen molar-refractivity contribution in [2.24, 2.45) is 0 Å². The van der Waals surface area contributed by atoms with Crippen molar-refractivity contribution < 1.29 is 9.90 Å². The minimum atomic E-state index is -0.933. The Morgan fingerprint density at radius 1 is 1.39 bits per heavy atom. The molecular weight excluding hydrogens is 230 g/mol. The van der Waals surface area contributed by atoms with Crippen LogP contribution in [0.5, 0.6) is 0 Å². The predicted octanol–water partition coefficient (Wildman–Crippen LogP) is 2.04. The average Bonchev–Trinajstić information content (AvgIpc) is 2.38. The molecule has 5 nitrogen and oxygen atoms in total. The summed E-state index contributed by atoms with van der Waals surface area (Å²) in [5.74, 6) is -1.33. The summed E-state index contributed by atoms with van der Waals surface area (Å²) in [6.07, 6.45) is 3.37. The monoisotopic (exact) mass is 243 g/mol. The number of hydrogen-bond donors (Lipinski definition) is 1. The first-order valence-electron chi connectivity index (χ1n) is 5.56. The van der Waals surface area contributed by atoms with Crippen LogP contribution in [0.1, 0.15) is 24.4 Å². The number of carboxylic acids is 1. The van der Waals surface area contributed by atoms with Gasteiger partial charge in [-0.2, -0.15) is 0 Å². The Morgan fingerprint density at radius 2 is 2.17 bits per heavy atom. The molecule has 1 N–H and O–H groups in total. The van der Waals surface area contributed by atoms with Gasteiger partial charge in [0.25, 0.3) is 0 Å². The predicted molar refractivity (Wildman–Crippen MR) is 66.1 cm³/mol. The number of nitrogens with zero attached hydrogens (tertiary/aromatic N) is 3. The van der Waals surface area contributed by atoms with Gasteiger partial charge in [-0.1, -0.05) is 0 Å². The maximum Gasteiger partial charge on any atom is 0.313 e. The van der Waals surface area contributed by atoms with Crippen LogP contribution < -0.4 is 0 Å². The van der Waals surface area contributed by atoms with Gasteiger partial charge >= 0.3 is 5.97 Å². The van der Waals surface area contributed by atoms with Gasteiger partial charge in [-0.15, -0.1) is 0 Å². The summed E-state index contributed by atoms with van der Waals surface area (Å²) in [6.45, 7) is 3.39. The Labute approximate surface area is 105 Å². The number of aromatic nitrogens is 3. The topological polar surface area (TPSA) is 76.0 Å². The van der Waals surface area contributed by atoms with E-state index in [0.717, 1.165) is 11.3 Å². The minimum absolute atomic E-state index is 0.321. The molecule has 1 unspecified atom stereocenters. The van der Waals surface area contributed by atoms with Crippen molar-refractivity contribution in [3.8, 4) is 11.3 Å². The number of carboxylic acid groups (broad SMARTS) is 1. The third-order valence-corrected chi connectivity index (χ3v) is 2.59. The molecule has 0 spiro atoms. The molecular formula is C13H13N3O2. The number of hydrogen-bond acceptors (Lipinski definition) is 4. The van der Waals surface area contributed by atoms with E-state index in [9.17, 15) is 4.79 Å². The lowest BCUT2D eigenvalue weighted by Gasteiger charge is -2.08. The SMILES string of the molecule is Cc1cc(-c2cccnc2)nc(C(C)C(=O)O)n1. The largest absolute Gasteiger partial charge is 0.481 e. The molecule has 2 heterocycles. The van der Waals surface area contributed by atoms with Crippen molar-refractivity contribution >= 4 is 5.97 Å². The number of aliphatic carboxylic acids is 1. The van der Waals surface area contributed by atoms with Crippen LogP contribution in [0.2, 0.25) is 0 Å². The first kappa shape index (κ1) is 12.2. The highest BCUT2D eigenvalue weighted by molar-refractivity contribution is 5.74. The van der Waals surface area contributed by atoms with E-state index in [4.69, 9.17) is 5.11 Å². The normalized spacial score (nSPS) is 12.1. The molecule has 18 heavy (non-hydrogen) atoms. The van der Waals surface area contributed by atoms with E-state index in [1.807, 2.05) is 25.1 Å². The molecule has 5 heteroatoms. The summed E-state index contributed by atoms with van der Waals surface area (Å²) in [6, 6.07) is 5.51. The number of pyridine rings is 1. The molecule has 2 rings (SSSR count). The summed E-state index contributed by atoms with van der Waals surface area (Å²) in [4.78, 5) is 23.5. The Morgan fingerprint density at radius 3 is 2.78 bits per heavy atom. The third-order valence-electron chi connectivity index (χ3n) is 2.59. The van der Waals surface area contributed by atoms with Crippen molar-refractivity contribution in [1.29, 1.82) is 0 Å². The van der Waals surface area contributed by atoms with Crippen molar-refractivity contribution in [2.75, 3.05) is 0 Å². The Balaban J connectivity index is 2.48. The molecule has 0 fully saturated rings. The molecule has 2 aromatic heterocycles. The van der Waals surface area contributed by atoms with Crippen LogP contribution in [-0.2, 0) is 4.79 Å². The molecule has 0 aliphatic heterocycles. The fourth-order valence-corrected chi connectivity index (χ4v) is 1.56. The lowest BCUT2D eigenvalue weighted by atomic mass is 10.1. The highest BCUT2D eigenvalue weighted by Gasteiger charge is 2.18. The van der Waals surface area contributed by atoms with Gasteiger partial charge in [-0.05, 0) is 32.0 Å². The van der Waals surface area contributed by atoms with Gasteiger partial charge < -0.3 is 5.11 Å². The van der Waals surface area contributed by atoms with Crippen LogP contribution in [-0.4, -0.2) is 26.0 Å². The zero-order valence-electron chi connectivity index (χ0n) is 10.2. The van der Waals surface area contributed by atoms with Crippen LogP contribution >= 0.6 is 0 Å². The first-order valence-corrected chi connectivity index (χ1v) is 5.56. The Kier molecular flexibility index (Phi) is 3.32. The van der Waals surface area contributed by atoms with Gasteiger partial charge in [0.15, 0.2) is 0 Å². The summed E-state index contributed by atoms with van der Waals surface area (Å²) in [5, 5.41) is 9.00. The number of aryl methyl sites for hydroxylation is 1. The van der Waals surface area contributed by atoms with E-state index in [1.165, 1.54) is 0 Å². The number of carbonyl (C=O) groups is 1. The highest BCUT2D eigenvalue weighted by Crippen LogP contribution is 2.19. The smallest absolute Gasteiger partial charge is 0.313 e. The molecule has 0 bridgehead atoms. The van der Waals surface area contributed by atoms with Crippen LogP contribution in [0.15, 0.2) is 30.6 Å². The third kappa shape index (κ3) is 2.51. The molecule has 0 saturated carbocycles. The van der Waals surface area contributed by atoms with E-state index in [0.29, 0.717) is 11.5 Å². The zero-order chi connectivity index (χ0) is 13.1. The van der Waals surface area contributed by atoms with Crippen LogP contribution in [0.4, 0.5) is 0 Å². The van der Waals surface area contributed by atoms with Gasteiger partial charge in [0.1, 0.15) is 11.7 Å². The van der Waals surface area contributed by atoms with Crippen molar-refractivity contribution in [2.45, 2.75) is 19.8 Å². The summed E-state index contributed by atoms with van der Waals surface area (Å²) in [7, 11) is 0.